The van der Waals surface area contributed by atoms with E-state index < -0.39 is 0 Å². The summed E-state index contributed by atoms with van der Waals surface area (Å²) in [7, 11) is 0. The highest BCUT2D eigenvalue weighted by Crippen LogP contribution is 2.38. The third kappa shape index (κ3) is 2.40. The highest BCUT2D eigenvalue weighted by atomic mass is 35.5. The van der Waals surface area contributed by atoms with E-state index in [1.165, 1.54) is 0 Å². The molecule has 4 heteroatoms. The highest BCUT2D eigenvalue weighted by Gasteiger charge is 2.16. The van der Waals surface area contributed by atoms with Gasteiger partial charge in [-0.25, -0.2) is 0 Å². The van der Waals surface area contributed by atoms with Gasteiger partial charge in [0, 0.05) is 11.1 Å². The van der Waals surface area contributed by atoms with Crippen LogP contribution in [0.1, 0.15) is 0 Å². The summed E-state index contributed by atoms with van der Waals surface area (Å²) in [6.07, 6.45) is 0. The summed E-state index contributed by atoms with van der Waals surface area (Å²) in [5.74, 6) is 0. The maximum atomic E-state index is 6.35. The summed E-state index contributed by atoms with van der Waals surface area (Å²) in [6.45, 7) is 0. The molecule has 3 rings (SSSR count). The van der Waals surface area contributed by atoms with E-state index in [1.807, 2.05) is 60.7 Å². The molecule has 0 atom stereocenters. The molecule has 0 aliphatic carbocycles. The second kappa shape index (κ2) is 5.61. The summed E-state index contributed by atoms with van der Waals surface area (Å²) in [5.41, 5.74) is 3.45. The Labute approximate surface area is 127 Å². The van der Waals surface area contributed by atoms with Gasteiger partial charge in [-0.1, -0.05) is 83.9 Å². The standard InChI is InChI=1S/C16H10Cl2N2/c17-14-13(11-7-3-1-4-8-11)15(19-20-16(14)18)12-9-5-2-6-10-12/h1-10H. The lowest BCUT2D eigenvalue weighted by Gasteiger charge is -2.11. The fourth-order valence-electron chi connectivity index (χ4n) is 2.06. The van der Waals surface area contributed by atoms with E-state index in [4.69, 9.17) is 23.2 Å². The van der Waals surface area contributed by atoms with Crippen molar-refractivity contribution in [2.75, 3.05) is 0 Å². The zero-order valence-corrected chi connectivity index (χ0v) is 11.9. The first kappa shape index (κ1) is 13.1. The molecule has 0 radical (unpaired) electrons. The van der Waals surface area contributed by atoms with Crippen LogP contribution in [0, 0.1) is 0 Å². The fourth-order valence-corrected chi connectivity index (χ4v) is 2.43. The predicted octanol–water partition coefficient (Wildman–Crippen LogP) is 5.12. The first-order valence-electron chi connectivity index (χ1n) is 6.10. The van der Waals surface area contributed by atoms with E-state index in [9.17, 15) is 0 Å². The normalized spacial score (nSPS) is 10.5. The molecule has 0 bridgehead atoms. The van der Waals surface area contributed by atoms with Gasteiger partial charge in [-0.05, 0) is 5.56 Å². The quantitative estimate of drug-likeness (QED) is 0.656. The van der Waals surface area contributed by atoms with Crippen molar-refractivity contribution in [3.63, 3.8) is 0 Å². The Kier molecular flexibility index (Phi) is 3.68. The van der Waals surface area contributed by atoms with Gasteiger partial charge in [-0.3, -0.25) is 0 Å². The van der Waals surface area contributed by atoms with Gasteiger partial charge in [-0.2, -0.15) is 0 Å². The lowest BCUT2D eigenvalue weighted by molar-refractivity contribution is 1.04. The molecule has 1 heterocycles. The Morgan fingerprint density at radius 2 is 1.20 bits per heavy atom. The van der Waals surface area contributed by atoms with E-state index in [-0.39, 0.29) is 5.15 Å². The van der Waals surface area contributed by atoms with Crippen LogP contribution in [0.5, 0.6) is 0 Å². The Balaban J connectivity index is 2.29. The maximum absolute atomic E-state index is 6.35. The minimum atomic E-state index is 0.213. The van der Waals surface area contributed by atoms with Crippen LogP contribution in [-0.4, -0.2) is 10.2 Å². The van der Waals surface area contributed by atoms with Gasteiger partial charge in [0.15, 0.2) is 5.15 Å². The van der Waals surface area contributed by atoms with Crippen LogP contribution in [0.25, 0.3) is 22.4 Å². The maximum Gasteiger partial charge on any atom is 0.170 e. The van der Waals surface area contributed by atoms with Crippen LogP contribution in [0.2, 0.25) is 10.2 Å². The van der Waals surface area contributed by atoms with Gasteiger partial charge in [0.05, 0.1) is 5.02 Å². The predicted molar refractivity (Wildman–Crippen MR) is 82.9 cm³/mol. The zero-order chi connectivity index (χ0) is 13.9. The molecule has 2 aromatic carbocycles. The molecule has 0 fully saturated rings. The SMILES string of the molecule is Clc1nnc(-c2ccccc2)c(-c2ccccc2)c1Cl. The Morgan fingerprint density at radius 3 is 1.80 bits per heavy atom. The summed E-state index contributed by atoms with van der Waals surface area (Å²) >= 11 is 12.4. The fraction of sp³-hybridized carbons (Fsp3) is 0. The van der Waals surface area contributed by atoms with Crippen LogP contribution in [-0.2, 0) is 0 Å². The smallest absolute Gasteiger partial charge is 0.148 e. The Hall–Kier alpha value is -1.90. The molecule has 0 N–H and O–H groups in total. The monoisotopic (exact) mass is 300 g/mol. The molecular weight excluding hydrogens is 291 g/mol. The molecule has 0 aliphatic heterocycles. The first-order valence-corrected chi connectivity index (χ1v) is 6.85. The van der Waals surface area contributed by atoms with Crippen molar-refractivity contribution in [1.82, 2.24) is 10.2 Å². The summed E-state index contributed by atoms with van der Waals surface area (Å²) < 4.78 is 0. The minimum Gasteiger partial charge on any atom is -0.148 e. The average molecular weight is 301 g/mol. The number of halogens is 2. The summed E-state index contributed by atoms with van der Waals surface area (Å²) in [4.78, 5) is 0. The largest absolute Gasteiger partial charge is 0.170 e. The topological polar surface area (TPSA) is 25.8 Å². The highest BCUT2D eigenvalue weighted by molar-refractivity contribution is 6.43. The van der Waals surface area contributed by atoms with E-state index >= 15 is 0 Å². The Morgan fingerprint density at radius 1 is 0.650 bits per heavy atom. The minimum absolute atomic E-state index is 0.213. The van der Waals surface area contributed by atoms with Crippen LogP contribution in [0.15, 0.2) is 60.7 Å². The van der Waals surface area contributed by atoms with E-state index in [1.54, 1.807) is 0 Å². The molecule has 0 saturated carbocycles. The van der Waals surface area contributed by atoms with Crippen molar-refractivity contribution in [1.29, 1.82) is 0 Å². The van der Waals surface area contributed by atoms with Crippen LogP contribution < -0.4 is 0 Å². The second-order valence-electron chi connectivity index (χ2n) is 4.26. The molecule has 0 aliphatic rings. The van der Waals surface area contributed by atoms with Gasteiger partial charge in [-0.15, -0.1) is 10.2 Å². The molecule has 98 valence electrons. The number of hydrogen-bond acceptors (Lipinski definition) is 2. The van der Waals surface area contributed by atoms with Gasteiger partial charge < -0.3 is 0 Å². The lowest BCUT2D eigenvalue weighted by atomic mass is 10.0. The molecule has 0 saturated heterocycles. The molecule has 1 aromatic heterocycles. The molecule has 0 amide bonds. The van der Waals surface area contributed by atoms with Crippen molar-refractivity contribution in [3.05, 3.63) is 70.8 Å². The Bertz CT molecular complexity index is 728. The van der Waals surface area contributed by atoms with Crippen molar-refractivity contribution in [2.24, 2.45) is 0 Å². The van der Waals surface area contributed by atoms with Crippen molar-refractivity contribution >= 4 is 23.2 Å². The van der Waals surface area contributed by atoms with Crippen LogP contribution in [0.3, 0.4) is 0 Å². The average Bonchev–Trinajstić information content (AvgIpc) is 2.51. The number of aromatic nitrogens is 2. The molecule has 20 heavy (non-hydrogen) atoms. The van der Waals surface area contributed by atoms with E-state index in [0.29, 0.717) is 5.02 Å². The molecule has 2 nitrogen and oxygen atoms in total. The van der Waals surface area contributed by atoms with Gasteiger partial charge in [0.2, 0.25) is 0 Å². The van der Waals surface area contributed by atoms with Gasteiger partial charge in [0.25, 0.3) is 0 Å². The molecule has 0 unspecified atom stereocenters. The van der Waals surface area contributed by atoms with Crippen molar-refractivity contribution in [3.8, 4) is 22.4 Å². The first-order chi connectivity index (χ1) is 9.77. The number of benzene rings is 2. The molecular formula is C16H10Cl2N2. The molecule has 3 aromatic rings. The number of rotatable bonds is 2. The number of hydrogen-bond donors (Lipinski definition) is 0. The molecule has 0 spiro atoms. The van der Waals surface area contributed by atoms with E-state index in [0.717, 1.165) is 22.4 Å². The van der Waals surface area contributed by atoms with Crippen LogP contribution >= 0.6 is 23.2 Å². The van der Waals surface area contributed by atoms with Crippen molar-refractivity contribution in [2.45, 2.75) is 0 Å². The summed E-state index contributed by atoms with van der Waals surface area (Å²) in [5, 5.41) is 8.78. The number of nitrogens with zero attached hydrogens (tertiary/aromatic N) is 2. The van der Waals surface area contributed by atoms with Gasteiger partial charge >= 0.3 is 0 Å². The second-order valence-corrected chi connectivity index (χ2v) is 5.00. The van der Waals surface area contributed by atoms with E-state index in [2.05, 4.69) is 10.2 Å². The summed E-state index contributed by atoms with van der Waals surface area (Å²) in [6, 6.07) is 19.6. The van der Waals surface area contributed by atoms with Crippen LogP contribution in [0.4, 0.5) is 0 Å². The van der Waals surface area contributed by atoms with Gasteiger partial charge in [0.1, 0.15) is 5.69 Å². The lowest BCUT2D eigenvalue weighted by Crippen LogP contribution is -1.95. The third-order valence-electron chi connectivity index (χ3n) is 2.98. The van der Waals surface area contributed by atoms with Crippen molar-refractivity contribution < 1.29 is 0 Å². The zero-order valence-electron chi connectivity index (χ0n) is 10.4. The third-order valence-corrected chi connectivity index (χ3v) is 3.71.